The van der Waals surface area contributed by atoms with Crippen molar-refractivity contribution >= 4 is 33.3 Å². The van der Waals surface area contributed by atoms with E-state index in [9.17, 15) is 0 Å². The molecule has 0 unspecified atom stereocenters. The number of rotatable bonds is 2. The van der Waals surface area contributed by atoms with Crippen LogP contribution >= 0.6 is 11.8 Å². The van der Waals surface area contributed by atoms with Crippen LogP contribution in [0, 0.1) is 0 Å². The van der Waals surface area contributed by atoms with Crippen molar-refractivity contribution in [2.24, 2.45) is 0 Å². The Hall–Kier alpha value is -2.25. The second kappa shape index (κ2) is 5.27. The van der Waals surface area contributed by atoms with E-state index in [0.717, 1.165) is 0 Å². The molecule has 0 radical (unpaired) electrons. The van der Waals surface area contributed by atoms with Crippen molar-refractivity contribution in [1.82, 2.24) is 0 Å². The van der Waals surface area contributed by atoms with Crippen LogP contribution in [0.25, 0.3) is 21.5 Å². The molecule has 0 saturated carbocycles. The van der Waals surface area contributed by atoms with Gasteiger partial charge in [0.25, 0.3) is 0 Å². The molecule has 0 N–H and O–H groups in total. The maximum Gasteiger partial charge on any atom is 0.0279 e. The zero-order chi connectivity index (χ0) is 14.1. The molecule has 4 rings (SSSR count). The first-order chi connectivity index (χ1) is 10.4. The Bertz CT molecular complexity index is 856. The largest absolute Gasteiger partial charge is 0.0888 e. The summed E-state index contributed by atoms with van der Waals surface area (Å²) in [5.41, 5.74) is 0. The van der Waals surface area contributed by atoms with Crippen molar-refractivity contribution in [2.75, 3.05) is 0 Å². The fourth-order valence-corrected chi connectivity index (χ4v) is 3.81. The van der Waals surface area contributed by atoms with Crippen LogP contribution in [0.15, 0.2) is 94.7 Å². The minimum atomic E-state index is 1.28. The minimum Gasteiger partial charge on any atom is -0.0888 e. The Morgan fingerprint density at radius 2 is 1.05 bits per heavy atom. The highest BCUT2D eigenvalue weighted by atomic mass is 32.2. The van der Waals surface area contributed by atoms with Gasteiger partial charge in [-0.05, 0) is 39.7 Å². The molecule has 100 valence electrons. The standard InChI is InChI=1S/C20H14S/c1-2-10-17(11-3-1)21-20-18-12-6-4-8-15(18)14-16-9-5-7-13-19(16)20/h1-14H. The molecular weight excluding hydrogens is 272 g/mol. The molecule has 0 aliphatic rings. The SMILES string of the molecule is c1ccc(Sc2c3ccccc3cc3ccccc23)cc1. The van der Waals surface area contributed by atoms with Crippen molar-refractivity contribution in [3.63, 3.8) is 0 Å². The van der Waals surface area contributed by atoms with E-state index in [1.807, 2.05) is 11.8 Å². The van der Waals surface area contributed by atoms with Gasteiger partial charge in [-0.1, -0.05) is 78.5 Å². The molecule has 0 fully saturated rings. The first-order valence-corrected chi connectivity index (χ1v) is 7.87. The van der Waals surface area contributed by atoms with Crippen molar-refractivity contribution in [1.29, 1.82) is 0 Å². The Balaban J connectivity index is 2.02. The molecule has 21 heavy (non-hydrogen) atoms. The highest BCUT2D eigenvalue weighted by Crippen LogP contribution is 2.39. The molecule has 0 saturated heterocycles. The van der Waals surface area contributed by atoms with Gasteiger partial charge in [0.2, 0.25) is 0 Å². The summed E-state index contributed by atoms with van der Waals surface area (Å²) in [7, 11) is 0. The third kappa shape index (κ3) is 2.30. The zero-order valence-electron chi connectivity index (χ0n) is 11.5. The smallest absolute Gasteiger partial charge is 0.0279 e. The average Bonchev–Trinajstić information content (AvgIpc) is 2.55. The quantitative estimate of drug-likeness (QED) is 0.398. The first-order valence-electron chi connectivity index (χ1n) is 7.05. The zero-order valence-corrected chi connectivity index (χ0v) is 12.3. The van der Waals surface area contributed by atoms with Gasteiger partial charge in [0.15, 0.2) is 0 Å². The predicted molar refractivity (Wildman–Crippen MR) is 92.0 cm³/mol. The summed E-state index contributed by atoms with van der Waals surface area (Å²) < 4.78 is 0. The summed E-state index contributed by atoms with van der Waals surface area (Å²) in [6.07, 6.45) is 0. The molecule has 0 nitrogen and oxygen atoms in total. The molecular formula is C20H14S. The van der Waals surface area contributed by atoms with Crippen LogP contribution < -0.4 is 0 Å². The molecule has 0 bridgehead atoms. The Labute approximate surface area is 128 Å². The molecule has 0 atom stereocenters. The van der Waals surface area contributed by atoms with Gasteiger partial charge in [-0.15, -0.1) is 0 Å². The molecule has 0 aliphatic heterocycles. The minimum absolute atomic E-state index is 1.28. The lowest BCUT2D eigenvalue weighted by molar-refractivity contribution is 1.45. The van der Waals surface area contributed by atoms with Crippen LogP contribution in [0.3, 0.4) is 0 Å². The van der Waals surface area contributed by atoms with Crippen molar-refractivity contribution in [2.45, 2.75) is 9.79 Å². The van der Waals surface area contributed by atoms with E-state index in [2.05, 4.69) is 84.9 Å². The maximum atomic E-state index is 2.28. The number of benzene rings is 4. The van der Waals surface area contributed by atoms with Gasteiger partial charge in [0.05, 0.1) is 0 Å². The molecule has 0 spiro atoms. The van der Waals surface area contributed by atoms with E-state index in [-0.39, 0.29) is 0 Å². The lowest BCUT2D eigenvalue weighted by Gasteiger charge is -2.11. The topological polar surface area (TPSA) is 0 Å². The molecule has 0 amide bonds. The van der Waals surface area contributed by atoms with E-state index in [4.69, 9.17) is 0 Å². The number of fused-ring (bicyclic) bond motifs is 2. The number of hydrogen-bond acceptors (Lipinski definition) is 1. The van der Waals surface area contributed by atoms with E-state index in [1.165, 1.54) is 31.3 Å². The lowest BCUT2D eigenvalue weighted by atomic mass is 10.0. The predicted octanol–water partition coefficient (Wildman–Crippen LogP) is 6.14. The van der Waals surface area contributed by atoms with Crippen LogP contribution in [-0.2, 0) is 0 Å². The maximum absolute atomic E-state index is 2.28. The molecule has 0 heterocycles. The number of hydrogen-bond donors (Lipinski definition) is 0. The van der Waals surface area contributed by atoms with Crippen molar-refractivity contribution in [3.8, 4) is 0 Å². The highest BCUT2D eigenvalue weighted by molar-refractivity contribution is 7.99. The van der Waals surface area contributed by atoms with Gasteiger partial charge in [-0.3, -0.25) is 0 Å². The lowest BCUT2D eigenvalue weighted by Crippen LogP contribution is -1.82. The van der Waals surface area contributed by atoms with E-state index in [1.54, 1.807) is 0 Å². The Morgan fingerprint density at radius 1 is 0.524 bits per heavy atom. The molecule has 4 aromatic rings. The summed E-state index contributed by atoms with van der Waals surface area (Å²) in [4.78, 5) is 2.62. The van der Waals surface area contributed by atoms with Crippen LogP contribution in [-0.4, -0.2) is 0 Å². The van der Waals surface area contributed by atoms with Crippen LogP contribution in [0.4, 0.5) is 0 Å². The summed E-state index contributed by atoms with van der Waals surface area (Å²) in [6.45, 7) is 0. The van der Waals surface area contributed by atoms with Crippen molar-refractivity contribution in [3.05, 3.63) is 84.9 Å². The van der Waals surface area contributed by atoms with Gasteiger partial charge in [-0.2, -0.15) is 0 Å². The van der Waals surface area contributed by atoms with E-state index < -0.39 is 0 Å². The fraction of sp³-hybridized carbons (Fsp3) is 0. The van der Waals surface area contributed by atoms with Crippen LogP contribution in [0.1, 0.15) is 0 Å². The third-order valence-corrected chi connectivity index (χ3v) is 4.84. The van der Waals surface area contributed by atoms with Crippen LogP contribution in [0.5, 0.6) is 0 Å². The first kappa shape index (κ1) is 12.5. The van der Waals surface area contributed by atoms with Crippen molar-refractivity contribution < 1.29 is 0 Å². The highest BCUT2D eigenvalue weighted by Gasteiger charge is 2.08. The molecule has 1 heteroatoms. The fourth-order valence-electron chi connectivity index (χ4n) is 2.69. The van der Waals surface area contributed by atoms with Gasteiger partial charge in [0.1, 0.15) is 0 Å². The summed E-state index contributed by atoms with van der Waals surface area (Å²) >= 11 is 1.85. The summed E-state index contributed by atoms with van der Waals surface area (Å²) in [6, 6.07) is 30.1. The third-order valence-electron chi connectivity index (χ3n) is 3.68. The Morgan fingerprint density at radius 3 is 1.67 bits per heavy atom. The average molecular weight is 286 g/mol. The molecule has 0 aromatic heterocycles. The van der Waals surface area contributed by atoms with Crippen LogP contribution in [0.2, 0.25) is 0 Å². The van der Waals surface area contributed by atoms with E-state index in [0.29, 0.717) is 0 Å². The van der Waals surface area contributed by atoms with E-state index >= 15 is 0 Å². The second-order valence-corrected chi connectivity index (χ2v) is 6.15. The monoisotopic (exact) mass is 286 g/mol. The van der Waals surface area contributed by atoms with Gasteiger partial charge >= 0.3 is 0 Å². The summed E-state index contributed by atoms with van der Waals surface area (Å²) in [5, 5.41) is 5.25. The molecule has 4 aromatic carbocycles. The van der Waals surface area contributed by atoms with Gasteiger partial charge < -0.3 is 0 Å². The van der Waals surface area contributed by atoms with Gasteiger partial charge in [0, 0.05) is 9.79 Å². The normalized spacial score (nSPS) is 11.0. The molecule has 0 aliphatic carbocycles. The van der Waals surface area contributed by atoms with Gasteiger partial charge in [-0.25, -0.2) is 0 Å². The second-order valence-electron chi connectivity index (χ2n) is 5.06. The summed E-state index contributed by atoms with van der Waals surface area (Å²) in [5.74, 6) is 0. The Kier molecular flexibility index (Phi) is 3.13.